The minimum Gasteiger partial charge on any atom is -0.495 e. The third-order valence-corrected chi connectivity index (χ3v) is 8.87. The number of ether oxygens (including phenoxy) is 1. The van der Waals surface area contributed by atoms with Crippen LogP contribution in [0, 0.1) is 20.8 Å². The number of nitrogens with zero attached hydrogens (tertiary/aromatic N) is 2. The van der Waals surface area contributed by atoms with Crippen molar-refractivity contribution in [3.05, 3.63) is 89.0 Å². The summed E-state index contributed by atoms with van der Waals surface area (Å²) in [6, 6.07) is 18.4. The highest BCUT2D eigenvalue weighted by atomic mass is 32.2. The van der Waals surface area contributed by atoms with Gasteiger partial charge < -0.3 is 15.0 Å². The fourth-order valence-electron chi connectivity index (χ4n) is 4.40. The quantitative estimate of drug-likeness (QED) is 0.320. The third-order valence-electron chi connectivity index (χ3n) is 7.09. The number of carbonyl (C=O) groups is 2. The Hall–Kier alpha value is -3.85. The first-order valence-corrected chi connectivity index (χ1v) is 15.2. The number of hydrogen-bond donors (Lipinski definition) is 1. The second-order valence-electron chi connectivity index (χ2n) is 10.5. The summed E-state index contributed by atoms with van der Waals surface area (Å²) in [5.41, 5.74) is 3.80. The number of methoxy groups -OCH3 is 1. The van der Waals surface area contributed by atoms with Crippen LogP contribution in [0.2, 0.25) is 0 Å². The van der Waals surface area contributed by atoms with Crippen molar-refractivity contribution in [3.8, 4) is 5.75 Å². The van der Waals surface area contributed by atoms with Crippen LogP contribution in [0.1, 0.15) is 49.4 Å². The summed E-state index contributed by atoms with van der Waals surface area (Å²) < 4.78 is 34.8. The molecule has 3 rings (SSSR count). The van der Waals surface area contributed by atoms with Crippen molar-refractivity contribution in [1.29, 1.82) is 0 Å². The lowest BCUT2D eigenvalue weighted by Gasteiger charge is -2.33. The minimum absolute atomic E-state index is 0.0484. The molecule has 0 aliphatic carbocycles. The van der Waals surface area contributed by atoms with Gasteiger partial charge in [0.15, 0.2) is 0 Å². The number of hydrogen-bond acceptors (Lipinski definition) is 5. The normalized spacial score (nSPS) is 12.8. The zero-order chi connectivity index (χ0) is 30.3. The second-order valence-corrected chi connectivity index (χ2v) is 12.4. The molecule has 0 aliphatic rings. The molecule has 0 aliphatic heterocycles. The molecule has 41 heavy (non-hydrogen) atoms. The molecule has 0 radical (unpaired) electrons. The van der Waals surface area contributed by atoms with Gasteiger partial charge in [-0.15, -0.1) is 0 Å². The average Bonchev–Trinajstić information content (AvgIpc) is 2.94. The molecular weight excluding hydrogens is 538 g/mol. The van der Waals surface area contributed by atoms with Gasteiger partial charge in [0.05, 0.1) is 17.7 Å². The van der Waals surface area contributed by atoms with Crippen LogP contribution >= 0.6 is 0 Å². The maximum absolute atomic E-state index is 14.1. The van der Waals surface area contributed by atoms with Crippen LogP contribution in [0.3, 0.4) is 0 Å². The first-order valence-electron chi connectivity index (χ1n) is 13.8. The lowest BCUT2D eigenvalue weighted by atomic mass is 10.1. The van der Waals surface area contributed by atoms with Crippen LogP contribution < -0.4 is 14.4 Å². The van der Waals surface area contributed by atoms with E-state index in [1.807, 2.05) is 65.0 Å². The van der Waals surface area contributed by atoms with Gasteiger partial charge in [-0.1, -0.05) is 60.5 Å². The Morgan fingerprint density at radius 1 is 0.902 bits per heavy atom. The predicted molar refractivity (Wildman–Crippen MR) is 163 cm³/mol. The van der Waals surface area contributed by atoms with E-state index in [-0.39, 0.29) is 29.1 Å². The standard InChI is InChI=1S/C32H41N3O5S/c1-8-25(5)33-32(37)26(6)34(20-27-11-9-10-23(3)18-27)31(36)21-35(29-19-24(4)14-17-30(29)40-7)41(38,39)28-15-12-22(2)13-16-28/h9-19,25-26H,8,20-21H2,1-7H3,(H,33,37)/t25-,26-/m1/s1. The lowest BCUT2D eigenvalue weighted by molar-refractivity contribution is -0.139. The predicted octanol–water partition coefficient (Wildman–Crippen LogP) is 5.15. The Bertz CT molecular complexity index is 1470. The largest absolute Gasteiger partial charge is 0.495 e. The first-order chi connectivity index (χ1) is 19.4. The highest BCUT2D eigenvalue weighted by Gasteiger charge is 2.34. The van der Waals surface area contributed by atoms with Crippen LogP contribution in [-0.4, -0.2) is 50.9 Å². The molecule has 1 N–H and O–H groups in total. The monoisotopic (exact) mass is 579 g/mol. The smallest absolute Gasteiger partial charge is 0.264 e. The molecule has 0 aromatic heterocycles. The van der Waals surface area contributed by atoms with E-state index in [2.05, 4.69) is 5.32 Å². The van der Waals surface area contributed by atoms with Crippen molar-refractivity contribution in [1.82, 2.24) is 10.2 Å². The van der Waals surface area contributed by atoms with E-state index in [0.29, 0.717) is 5.75 Å². The fraction of sp³-hybridized carbons (Fsp3) is 0.375. The summed E-state index contributed by atoms with van der Waals surface area (Å²) in [4.78, 5) is 28.8. The maximum atomic E-state index is 14.1. The number of benzene rings is 3. The first kappa shape index (κ1) is 31.7. The fourth-order valence-corrected chi connectivity index (χ4v) is 5.82. The van der Waals surface area contributed by atoms with E-state index in [1.165, 1.54) is 24.1 Å². The Morgan fingerprint density at radius 2 is 1.54 bits per heavy atom. The topological polar surface area (TPSA) is 96.0 Å². The summed E-state index contributed by atoms with van der Waals surface area (Å²) in [6.07, 6.45) is 0.736. The van der Waals surface area contributed by atoms with Crippen molar-refractivity contribution >= 4 is 27.5 Å². The van der Waals surface area contributed by atoms with E-state index in [4.69, 9.17) is 4.74 Å². The average molecular weight is 580 g/mol. The van der Waals surface area contributed by atoms with Gasteiger partial charge in [0.2, 0.25) is 11.8 Å². The van der Waals surface area contributed by atoms with Gasteiger partial charge >= 0.3 is 0 Å². The van der Waals surface area contributed by atoms with E-state index >= 15 is 0 Å². The van der Waals surface area contributed by atoms with Gasteiger partial charge in [-0.25, -0.2) is 8.42 Å². The van der Waals surface area contributed by atoms with Crippen LogP contribution in [0.15, 0.2) is 71.6 Å². The Balaban J connectivity index is 2.10. The Labute approximate surface area is 244 Å². The van der Waals surface area contributed by atoms with Gasteiger partial charge in [-0.3, -0.25) is 13.9 Å². The number of carbonyl (C=O) groups excluding carboxylic acids is 2. The zero-order valence-corrected chi connectivity index (χ0v) is 25.8. The molecule has 0 saturated carbocycles. The molecule has 0 fully saturated rings. The summed E-state index contributed by atoms with van der Waals surface area (Å²) >= 11 is 0. The zero-order valence-electron chi connectivity index (χ0n) is 25.0. The van der Waals surface area contributed by atoms with E-state index in [0.717, 1.165) is 33.0 Å². The molecule has 220 valence electrons. The van der Waals surface area contributed by atoms with E-state index < -0.39 is 28.5 Å². The van der Waals surface area contributed by atoms with Crippen molar-refractivity contribution in [2.24, 2.45) is 0 Å². The van der Waals surface area contributed by atoms with Crippen LogP contribution in [-0.2, 0) is 26.2 Å². The molecule has 2 amide bonds. The van der Waals surface area contributed by atoms with Gasteiger partial charge in [-0.05, 0) is 76.4 Å². The Kier molecular flexibility index (Phi) is 10.6. The molecular formula is C32H41N3O5S. The molecule has 0 saturated heterocycles. The molecule has 0 unspecified atom stereocenters. The summed E-state index contributed by atoms with van der Waals surface area (Å²) in [7, 11) is -2.74. The number of aryl methyl sites for hydroxylation is 3. The minimum atomic E-state index is -4.19. The molecule has 8 nitrogen and oxygen atoms in total. The molecule has 9 heteroatoms. The molecule has 0 bridgehead atoms. The number of rotatable bonds is 12. The highest BCUT2D eigenvalue weighted by Crippen LogP contribution is 2.34. The van der Waals surface area contributed by atoms with Crippen molar-refractivity contribution in [2.45, 2.75) is 71.5 Å². The lowest BCUT2D eigenvalue weighted by Crippen LogP contribution is -2.52. The van der Waals surface area contributed by atoms with Crippen molar-refractivity contribution in [2.75, 3.05) is 18.0 Å². The summed E-state index contributed by atoms with van der Waals surface area (Å²) in [5.74, 6) is -0.508. The van der Waals surface area contributed by atoms with Gasteiger partial charge in [-0.2, -0.15) is 0 Å². The van der Waals surface area contributed by atoms with E-state index in [9.17, 15) is 18.0 Å². The number of nitrogens with one attached hydrogen (secondary N) is 1. The molecule has 0 heterocycles. The van der Waals surface area contributed by atoms with Gasteiger partial charge in [0, 0.05) is 12.6 Å². The van der Waals surface area contributed by atoms with Crippen molar-refractivity contribution < 1.29 is 22.7 Å². The van der Waals surface area contributed by atoms with Gasteiger partial charge in [0.25, 0.3) is 10.0 Å². The van der Waals surface area contributed by atoms with Gasteiger partial charge in [0.1, 0.15) is 18.3 Å². The number of sulfonamides is 1. The van der Waals surface area contributed by atoms with Crippen LogP contribution in [0.4, 0.5) is 5.69 Å². The highest BCUT2D eigenvalue weighted by molar-refractivity contribution is 7.92. The third kappa shape index (κ3) is 7.88. The summed E-state index contributed by atoms with van der Waals surface area (Å²) in [6.45, 7) is 10.8. The molecule has 3 aromatic rings. The van der Waals surface area contributed by atoms with Crippen LogP contribution in [0.25, 0.3) is 0 Å². The van der Waals surface area contributed by atoms with Crippen LogP contribution in [0.5, 0.6) is 5.75 Å². The Morgan fingerprint density at radius 3 is 2.15 bits per heavy atom. The molecule has 3 aromatic carbocycles. The SMILES string of the molecule is CC[C@@H](C)NC(=O)[C@@H](C)N(Cc1cccc(C)c1)C(=O)CN(c1cc(C)ccc1OC)S(=O)(=O)c1ccc(C)cc1. The second kappa shape index (κ2) is 13.7. The maximum Gasteiger partial charge on any atom is 0.264 e. The molecule has 2 atom stereocenters. The molecule has 0 spiro atoms. The number of anilines is 1. The number of amides is 2. The van der Waals surface area contributed by atoms with E-state index in [1.54, 1.807) is 31.2 Å². The van der Waals surface area contributed by atoms with Crippen molar-refractivity contribution in [3.63, 3.8) is 0 Å². The summed E-state index contributed by atoms with van der Waals surface area (Å²) in [5, 5.41) is 2.95.